The molecule has 0 spiro atoms. The van der Waals surface area contributed by atoms with Crippen LogP contribution in [0.1, 0.15) is 27.0 Å². The Kier molecular flexibility index (Phi) is 6.27. The summed E-state index contributed by atoms with van der Waals surface area (Å²) in [6.45, 7) is 1.95. The molecule has 0 aliphatic heterocycles. The van der Waals surface area contributed by atoms with Crippen LogP contribution in [0.5, 0.6) is 0 Å². The van der Waals surface area contributed by atoms with Crippen LogP contribution in [-0.2, 0) is 0 Å². The van der Waals surface area contributed by atoms with Gasteiger partial charge in [0.1, 0.15) is 0 Å². The Balaban J connectivity index is 1.86. The average Bonchev–Trinajstić information content (AvgIpc) is 2.75. The van der Waals surface area contributed by atoms with Crippen LogP contribution < -0.4 is 5.43 Å². The number of hydrogen-bond acceptors (Lipinski definition) is 4. The number of amides is 1. The van der Waals surface area contributed by atoms with E-state index in [1.807, 2.05) is 49.4 Å². The lowest BCUT2D eigenvalue weighted by Crippen LogP contribution is -2.19. The summed E-state index contributed by atoms with van der Waals surface area (Å²) in [5.74, 6) is -0.317. The van der Waals surface area contributed by atoms with Crippen LogP contribution in [0.25, 0.3) is 6.08 Å². The Morgan fingerprint density at radius 2 is 1.69 bits per heavy atom. The zero-order valence-electron chi connectivity index (χ0n) is 15.8. The van der Waals surface area contributed by atoms with Crippen LogP contribution >= 0.6 is 0 Å². The molecule has 6 heteroatoms. The maximum Gasteiger partial charge on any atom is 0.271 e. The van der Waals surface area contributed by atoms with Gasteiger partial charge in [-0.05, 0) is 30.7 Å². The Bertz CT molecular complexity index is 1070. The van der Waals surface area contributed by atoms with Crippen molar-refractivity contribution in [1.82, 2.24) is 5.43 Å². The highest BCUT2D eigenvalue weighted by molar-refractivity contribution is 6.11. The summed E-state index contributed by atoms with van der Waals surface area (Å²) in [6, 6.07) is 22.9. The molecule has 0 unspecified atom stereocenters. The van der Waals surface area contributed by atoms with E-state index in [2.05, 4.69) is 10.5 Å². The lowest BCUT2D eigenvalue weighted by molar-refractivity contribution is -0.384. The summed E-state index contributed by atoms with van der Waals surface area (Å²) in [4.78, 5) is 22.9. The van der Waals surface area contributed by atoms with Gasteiger partial charge in [0.05, 0.1) is 10.6 Å². The maximum absolute atomic E-state index is 12.4. The van der Waals surface area contributed by atoms with Crippen LogP contribution in [0, 0.1) is 17.0 Å². The van der Waals surface area contributed by atoms with Crippen molar-refractivity contribution in [2.24, 2.45) is 5.10 Å². The number of carbonyl (C=O) groups is 1. The average molecular weight is 385 g/mol. The fraction of sp³-hybridized carbons (Fsp3) is 0.0435. The van der Waals surface area contributed by atoms with E-state index in [1.54, 1.807) is 36.4 Å². The first kappa shape index (κ1) is 19.7. The van der Waals surface area contributed by atoms with Crippen molar-refractivity contribution in [3.63, 3.8) is 0 Å². The first-order valence-corrected chi connectivity index (χ1v) is 8.95. The number of carbonyl (C=O) groups excluding carboxylic acids is 1. The summed E-state index contributed by atoms with van der Waals surface area (Å²) in [5.41, 5.74) is 6.15. The maximum atomic E-state index is 12.4. The minimum absolute atomic E-state index is 0.0121. The van der Waals surface area contributed by atoms with Gasteiger partial charge in [0.15, 0.2) is 0 Å². The third-order valence-electron chi connectivity index (χ3n) is 4.18. The van der Waals surface area contributed by atoms with E-state index < -0.39 is 4.92 Å². The number of nitro groups is 1. The zero-order chi connectivity index (χ0) is 20.6. The van der Waals surface area contributed by atoms with Crippen molar-refractivity contribution in [3.05, 3.63) is 117 Å². The fourth-order valence-corrected chi connectivity index (χ4v) is 2.60. The number of benzene rings is 3. The van der Waals surface area contributed by atoms with Crippen LogP contribution in [0.4, 0.5) is 5.69 Å². The van der Waals surface area contributed by atoms with Crippen molar-refractivity contribution in [3.8, 4) is 0 Å². The lowest BCUT2D eigenvalue weighted by atomic mass is 10.1. The Morgan fingerprint density at radius 3 is 2.38 bits per heavy atom. The minimum atomic E-state index is -0.439. The molecule has 144 valence electrons. The lowest BCUT2D eigenvalue weighted by Gasteiger charge is -2.05. The molecule has 1 N–H and O–H groups in total. The summed E-state index contributed by atoms with van der Waals surface area (Å²) in [6.07, 6.45) is 3.43. The molecule has 0 fully saturated rings. The fourth-order valence-electron chi connectivity index (χ4n) is 2.60. The Labute approximate surface area is 168 Å². The number of aryl methyl sites for hydroxylation is 1. The molecular weight excluding hydrogens is 366 g/mol. The quantitative estimate of drug-likeness (QED) is 0.377. The number of hydrogen-bond donors (Lipinski definition) is 1. The molecule has 0 atom stereocenters. The molecular formula is C23H19N3O3. The topological polar surface area (TPSA) is 84.6 Å². The van der Waals surface area contributed by atoms with Gasteiger partial charge < -0.3 is 0 Å². The van der Waals surface area contributed by atoms with Crippen molar-refractivity contribution in [1.29, 1.82) is 0 Å². The number of hydrazone groups is 1. The van der Waals surface area contributed by atoms with Gasteiger partial charge in [0, 0.05) is 23.3 Å². The van der Waals surface area contributed by atoms with E-state index in [0.717, 1.165) is 11.1 Å². The Morgan fingerprint density at radius 1 is 0.966 bits per heavy atom. The van der Waals surface area contributed by atoms with Crippen LogP contribution in [0.15, 0.2) is 90.0 Å². The Hall–Kier alpha value is -4.06. The van der Waals surface area contributed by atoms with Gasteiger partial charge in [-0.25, -0.2) is 5.43 Å². The molecule has 0 aliphatic carbocycles. The summed E-state index contributed by atoms with van der Waals surface area (Å²) in [5, 5.41) is 15.2. The zero-order valence-corrected chi connectivity index (χ0v) is 15.8. The third-order valence-corrected chi connectivity index (χ3v) is 4.18. The largest absolute Gasteiger partial charge is 0.271 e. The summed E-state index contributed by atoms with van der Waals surface area (Å²) >= 11 is 0. The SMILES string of the molecule is Cc1ccc(C(=O)NN=C(C=Cc2cccc([N+](=O)[O-])c2)c2ccccc2)cc1. The van der Waals surface area contributed by atoms with Gasteiger partial charge >= 0.3 is 0 Å². The normalized spacial score (nSPS) is 11.4. The molecule has 29 heavy (non-hydrogen) atoms. The number of allylic oxidation sites excluding steroid dienone is 1. The number of nitrogens with one attached hydrogen (secondary N) is 1. The predicted molar refractivity (Wildman–Crippen MR) is 114 cm³/mol. The van der Waals surface area contributed by atoms with Crippen LogP contribution in [0.2, 0.25) is 0 Å². The van der Waals surface area contributed by atoms with Crippen LogP contribution in [-0.4, -0.2) is 16.5 Å². The second kappa shape index (κ2) is 9.23. The molecule has 0 aliphatic rings. The first-order valence-electron chi connectivity index (χ1n) is 8.95. The molecule has 3 aromatic rings. The monoisotopic (exact) mass is 385 g/mol. The molecule has 0 saturated heterocycles. The second-order valence-electron chi connectivity index (χ2n) is 6.36. The smallest absolute Gasteiger partial charge is 0.267 e. The van der Waals surface area contributed by atoms with Crippen molar-refractivity contribution >= 4 is 23.4 Å². The molecule has 6 nitrogen and oxygen atoms in total. The predicted octanol–water partition coefficient (Wildman–Crippen LogP) is 4.75. The van der Waals surface area contributed by atoms with Crippen LogP contribution in [0.3, 0.4) is 0 Å². The number of rotatable bonds is 6. The molecule has 0 heterocycles. The molecule has 0 saturated carbocycles. The van der Waals surface area contributed by atoms with Gasteiger partial charge in [0.2, 0.25) is 0 Å². The second-order valence-corrected chi connectivity index (χ2v) is 6.36. The number of nitrogens with zero attached hydrogens (tertiary/aromatic N) is 2. The van der Waals surface area contributed by atoms with E-state index >= 15 is 0 Å². The van der Waals surface area contributed by atoms with E-state index in [1.165, 1.54) is 12.1 Å². The molecule has 0 bridgehead atoms. The molecule has 0 radical (unpaired) electrons. The van der Waals surface area contributed by atoms with Gasteiger partial charge in [-0.2, -0.15) is 5.10 Å². The minimum Gasteiger partial charge on any atom is -0.267 e. The van der Waals surface area contributed by atoms with E-state index in [0.29, 0.717) is 16.8 Å². The summed E-state index contributed by atoms with van der Waals surface area (Å²) in [7, 11) is 0. The highest BCUT2D eigenvalue weighted by Gasteiger charge is 2.07. The number of non-ortho nitro benzene ring substituents is 1. The first-order chi connectivity index (χ1) is 14.0. The molecule has 3 rings (SSSR count). The third kappa shape index (κ3) is 5.46. The standard InChI is InChI=1S/C23H19N3O3/c1-17-10-13-20(14-11-17)23(27)25-24-22(19-7-3-2-4-8-19)15-12-18-6-5-9-21(16-18)26(28)29/h2-16H,1H3,(H,25,27). The molecule has 1 amide bonds. The van der Waals surface area contributed by atoms with Crippen molar-refractivity contribution < 1.29 is 9.72 Å². The highest BCUT2D eigenvalue weighted by atomic mass is 16.6. The highest BCUT2D eigenvalue weighted by Crippen LogP contribution is 2.15. The molecule has 0 aromatic heterocycles. The number of nitro benzene ring substituents is 1. The van der Waals surface area contributed by atoms with Gasteiger partial charge in [-0.3, -0.25) is 14.9 Å². The van der Waals surface area contributed by atoms with Gasteiger partial charge in [0.25, 0.3) is 11.6 Å². The van der Waals surface area contributed by atoms with E-state index in [4.69, 9.17) is 0 Å². The van der Waals surface area contributed by atoms with E-state index in [9.17, 15) is 14.9 Å². The molecule has 3 aromatic carbocycles. The van der Waals surface area contributed by atoms with Crippen molar-refractivity contribution in [2.75, 3.05) is 0 Å². The van der Waals surface area contributed by atoms with Crippen molar-refractivity contribution in [2.45, 2.75) is 6.92 Å². The van der Waals surface area contributed by atoms with Gasteiger partial charge in [-0.15, -0.1) is 0 Å². The van der Waals surface area contributed by atoms with Gasteiger partial charge in [-0.1, -0.05) is 66.2 Å². The summed E-state index contributed by atoms with van der Waals surface area (Å²) < 4.78 is 0. The van der Waals surface area contributed by atoms with E-state index in [-0.39, 0.29) is 11.6 Å².